The van der Waals surface area contributed by atoms with E-state index in [0.717, 1.165) is 12.8 Å². The molecule has 0 aromatic carbocycles. The first-order chi connectivity index (χ1) is 5.68. The van der Waals surface area contributed by atoms with E-state index in [4.69, 9.17) is 11.6 Å². The predicted molar refractivity (Wildman–Crippen MR) is 53.4 cm³/mol. The molecule has 0 N–H and O–H groups in total. The molecule has 0 aliphatic heterocycles. The quantitative estimate of drug-likeness (QED) is 0.442. The normalized spacial score (nSPS) is 12.9. The van der Waals surface area contributed by atoms with Crippen LogP contribution in [0.25, 0.3) is 0 Å². The number of rotatable bonds is 7. The Hall–Kier alpha value is -0.0400. The molecule has 0 radical (unpaired) electrons. The van der Waals surface area contributed by atoms with Gasteiger partial charge < -0.3 is 0 Å². The van der Waals surface area contributed by atoms with E-state index in [9.17, 15) is 4.79 Å². The van der Waals surface area contributed by atoms with Crippen LogP contribution in [-0.2, 0) is 4.79 Å². The molecule has 0 aliphatic carbocycles. The Balaban J connectivity index is 3.14. The average Bonchev–Trinajstić information content (AvgIpc) is 2.03. The van der Waals surface area contributed by atoms with Gasteiger partial charge in [-0.15, -0.1) is 0 Å². The van der Waals surface area contributed by atoms with E-state index in [1.807, 2.05) is 6.92 Å². The Morgan fingerprint density at radius 2 is 1.83 bits per heavy atom. The second-order valence-electron chi connectivity index (χ2n) is 3.41. The van der Waals surface area contributed by atoms with Gasteiger partial charge in [0.15, 0.2) is 0 Å². The first-order valence-electron chi connectivity index (χ1n) is 4.87. The molecule has 1 atom stereocenters. The lowest BCUT2D eigenvalue weighted by atomic mass is 10.0. The highest BCUT2D eigenvalue weighted by Crippen LogP contribution is 2.13. The molecular formula is C10H19ClO. The zero-order valence-electron chi connectivity index (χ0n) is 8.11. The van der Waals surface area contributed by atoms with Crippen molar-refractivity contribution in [2.75, 3.05) is 0 Å². The zero-order chi connectivity index (χ0) is 9.40. The van der Waals surface area contributed by atoms with Gasteiger partial charge in [0, 0.05) is 5.92 Å². The van der Waals surface area contributed by atoms with Crippen molar-refractivity contribution < 1.29 is 4.79 Å². The summed E-state index contributed by atoms with van der Waals surface area (Å²) in [7, 11) is 0. The molecule has 0 rings (SSSR count). The first kappa shape index (κ1) is 12.0. The summed E-state index contributed by atoms with van der Waals surface area (Å²) in [6.07, 6.45) is 7.20. The van der Waals surface area contributed by atoms with E-state index in [-0.39, 0.29) is 11.2 Å². The van der Waals surface area contributed by atoms with Gasteiger partial charge in [-0.05, 0) is 18.0 Å². The van der Waals surface area contributed by atoms with Crippen LogP contribution in [0.15, 0.2) is 0 Å². The summed E-state index contributed by atoms with van der Waals surface area (Å²) in [5, 5.41) is -0.189. The SMILES string of the molecule is CCCCCCC[C@H](C)C(=O)Cl. The maximum Gasteiger partial charge on any atom is 0.224 e. The summed E-state index contributed by atoms with van der Waals surface area (Å²) in [4.78, 5) is 10.6. The summed E-state index contributed by atoms with van der Waals surface area (Å²) in [6.45, 7) is 4.10. The van der Waals surface area contributed by atoms with Crippen molar-refractivity contribution in [3.63, 3.8) is 0 Å². The number of hydrogen-bond acceptors (Lipinski definition) is 1. The molecular weight excluding hydrogens is 172 g/mol. The fraction of sp³-hybridized carbons (Fsp3) is 0.900. The third-order valence-electron chi connectivity index (χ3n) is 2.13. The number of carbonyl (C=O) groups is 1. The van der Waals surface area contributed by atoms with Gasteiger partial charge in [0.2, 0.25) is 5.24 Å². The summed E-state index contributed by atoms with van der Waals surface area (Å²) in [6, 6.07) is 0. The molecule has 0 saturated heterocycles. The lowest BCUT2D eigenvalue weighted by Crippen LogP contribution is -2.02. The minimum atomic E-state index is -0.189. The van der Waals surface area contributed by atoms with Crippen molar-refractivity contribution >= 4 is 16.8 Å². The van der Waals surface area contributed by atoms with Gasteiger partial charge in [0.05, 0.1) is 0 Å². The van der Waals surface area contributed by atoms with E-state index in [1.54, 1.807) is 0 Å². The Morgan fingerprint density at radius 3 is 2.33 bits per heavy atom. The Bertz CT molecular complexity index is 123. The van der Waals surface area contributed by atoms with Crippen molar-refractivity contribution in [2.45, 2.75) is 52.4 Å². The Labute approximate surface area is 80.5 Å². The third kappa shape index (κ3) is 6.66. The number of carbonyl (C=O) groups excluding carboxylic acids is 1. The first-order valence-corrected chi connectivity index (χ1v) is 5.25. The molecule has 0 saturated carbocycles. The van der Waals surface area contributed by atoms with Crippen LogP contribution >= 0.6 is 11.6 Å². The van der Waals surface area contributed by atoms with Crippen LogP contribution in [0.4, 0.5) is 0 Å². The minimum absolute atomic E-state index is 0.0493. The van der Waals surface area contributed by atoms with Crippen LogP contribution in [0, 0.1) is 5.92 Å². The highest BCUT2D eigenvalue weighted by atomic mass is 35.5. The standard InChI is InChI=1S/C10H19ClO/c1-3-4-5-6-7-8-9(2)10(11)12/h9H,3-8H2,1-2H3/t9-/m0/s1. The van der Waals surface area contributed by atoms with Crippen LogP contribution in [0.2, 0.25) is 0 Å². The van der Waals surface area contributed by atoms with Crippen molar-refractivity contribution in [2.24, 2.45) is 5.92 Å². The average molecular weight is 191 g/mol. The lowest BCUT2D eigenvalue weighted by molar-refractivity contribution is -0.114. The van der Waals surface area contributed by atoms with Crippen molar-refractivity contribution in [3.05, 3.63) is 0 Å². The predicted octanol–water partition coefficient (Wildman–Crippen LogP) is 3.75. The van der Waals surface area contributed by atoms with E-state index < -0.39 is 0 Å². The number of hydrogen-bond donors (Lipinski definition) is 0. The third-order valence-corrected chi connectivity index (χ3v) is 2.50. The summed E-state index contributed by atoms with van der Waals surface area (Å²) in [5.41, 5.74) is 0. The molecule has 12 heavy (non-hydrogen) atoms. The molecule has 0 aliphatic rings. The molecule has 2 heteroatoms. The Morgan fingerprint density at radius 1 is 1.25 bits per heavy atom. The van der Waals surface area contributed by atoms with Gasteiger partial charge in [-0.1, -0.05) is 46.0 Å². The van der Waals surface area contributed by atoms with Gasteiger partial charge >= 0.3 is 0 Å². The summed E-state index contributed by atoms with van der Waals surface area (Å²) < 4.78 is 0. The molecule has 0 unspecified atom stereocenters. The van der Waals surface area contributed by atoms with Crippen molar-refractivity contribution in [3.8, 4) is 0 Å². The molecule has 0 fully saturated rings. The minimum Gasteiger partial charge on any atom is -0.281 e. The van der Waals surface area contributed by atoms with Crippen molar-refractivity contribution in [1.82, 2.24) is 0 Å². The van der Waals surface area contributed by atoms with Gasteiger partial charge in [-0.2, -0.15) is 0 Å². The van der Waals surface area contributed by atoms with Crippen LogP contribution in [0.3, 0.4) is 0 Å². The summed E-state index contributed by atoms with van der Waals surface area (Å²) in [5.74, 6) is 0.0493. The fourth-order valence-corrected chi connectivity index (χ4v) is 1.28. The molecule has 72 valence electrons. The van der Waals surface area contributed by atoms with Crippen LogP contribution in [0.5, 0.6) is 0 Å². The highest BCUT2D eigenvalue weighted by molar-refractivity contribution is 6.63. The smallest absolute Gasteiger partial charge is 0.224 e. The van der Waals surface area contributed by atoms with E-state index in [2.05, 4.69) is 6.92 Å². The lowest BCUT2D eigenvalue weighted by Gasteiger charge is -2.04. The van der Waals surface area contributed by atoms with E-state index >= 15 is 0 Å². The monoisotopic (exact) mass is 190 g/mol. The molecule has 1 nitrogen and oxygen atoms in total. The van der Waals surface area contributed by atoms with Gasteiger partial charge in [-0.25, -0.2) is 0 Å². The maximum atomic E-state index is 10.6. The molecule has 0 spiro atoms. The Kier molecular flexibility index (Phi) is 7.58. The van der Waals surface area contributed by atoms with Crippen LogP contribution in [0.1, 0.15) is 52.4 Å². The van der Waals surface area contributed by atoms with Crippen LogP contribution < -0.4 is 0 Å². The molecule has 0 bridgehead atoms. The van der Waals surface area contributed by atoms with E-state index in [1.165, 1.54) is 25.7 Å². The van der Waals surface area contributed by atoms with Gasteiger partial charge in [-0.3, -0.25) is 4.79 Å². The summed E-state index contributed by atoms with van der Waals surface area (Å²) >= 11 is 5.33. The molecule has 0 aromatic heterocycles. The fourth-order valence-electron chi connectivity index (χ4n) is 1.17. The second-order valence-corrected chi connectivity index (χ2v) is 3.78. The second kappa shape index (κ2) is 7.60. The largest absolute Gasteiger partial charge is 0.281 e. The van der Waals surface area contributed by atoms with E-state index in [0.29, 0.717) is 0 Å². The van der Waals surface area contributed by atoms with Gasteiger partial charge in [0.1, 0.15) is 0 Å². The van der Waals surface area contributed by atoms with Crippen LogP contribution in [-0.4, -0.2) is 5.24 Å². The van der Waals surface area contributed by atoms with Crippen molar-refractivity contribution in [1.29, 1.82) is 0 Å². The molecule has 0 amide bonds. The highest BCUT2D eigenvalue weighted by Gasteiger charge is 2.08. The molecule has 0 aromatic rings. The van der Waals surface area contributed by atoms with Gasteiger partial charge in [0.25, 0.3) is 0 Å². The topological polar surface area (TPSA) is 17.1 Å². The number of unbranched alkanes of at least 4 members (excludes halogenated alkanes) is 4. The zero-order valence-corrected chi connectivity index (χ0v) is 8.86. The molecule has 0 heterocycles. The number of halogens is 1. The maximum absolute atomic E-state index is 10.6.